The lowest BCUT2D eigenvalue weighted by molar-refractivity contribution is 0.669. The van der Waals surface area contributed by atoms with E-state index in [4.69, 9.17) is 4.42 Å². The van der Waals surface area contributed by atoms with E-state index >= 15 is 0 Å². The lowest BCUT2D eigenvalue weighted by Crippen LogP contribution is -2.09. The van der Waals surface area contributed by atoms with E-state index in [2.05, 4.69) is 132 Å². The van der Waals surface area contributed by atoms with E-state index in [0.717, 1.165) is 44.6 Å². The van der Waals surface area contributed by atoms with Gasteiger partial charge < -0.3 is 9.32 Å². The number of anilines is 3. The minimum Gasteiger partial charge on any atom is -0.456 e. The summed E-state index contributed by atoms with van der Waals surface area (Å²) >= 11 is 0. The van der Waals surface area contributed by atoms with E-state index in [0.29, 0.717) is 0 Å². The SMILES string of the molecule is c1ccc(N(c2ccccc2)c2ccc(-c3ccc(-c4ccc5c(c4)oc4ccccc45)cc3)cc2)cc1. The highest BCUT2D eigenvalue weighted by molar-refractivity contribution is 6.05. The van der Waals surface area contributed by atoms with Gasteiger partial charge >= 0.3 is 0 Å². The number of hydrogen-bond donors (Lipinski definition) is 0. The zero-order valence-corrected chi connectivity index (χ0v) is 20.8. The lowest BCUT2D eigenvalue weighted by atomic mass is 9.99. The Kier molecular flexibility index (Phi) is 5.49. The maximum Gasteiger partial charge on any atom is 0.136 e. The molecule has 0 atom stereocenters. The molecule has 0 bridgehead atoms. The number of hydrogen-bond acceptors (Lipinski definition) is 2. The van der Waals surface area contributed by atoms with Crippen molar-refractivity contribution < 1.29 is 4.42 Å². The molecule has 180 valence electrons. The van der Waals surface area contributed by atoms with Gasteiger partial charge in [-0.05, 0) is 76.9 Å². The zero-order chi connectivity index (χ0) is 25.3. The molecule has 7 rings (SSSR count). The molecule has 38 heavy (non-hydrogen) atoms. The Hall–Kier alpha value is -5.08. The van der Waals surface area contributed by atoms with Gasteiger partial charge in [-0.25, -0.2) is 0 Å². The van der Waals surface area contributed by atoms with E-state index in [9.17, 15) is 0 Å². The van der Waals surface area contributed by atoms with Crippen LogP contribution in [-0.2, 0) is 0 Å². The van der Waals surface area contributed by atoms with Crippen LogP contribution in [-0.4, -0.2) is 0 Å². The molecule has 1 aromatic heterocycles. The Morgan fingerprint density at radius 3 is 1.42 bits per heavy atom. The molecule has 0 amide bonds. The summed E-state index contributed by atoms with van der Waals surface area (Å²) in [6.45, 7) is 0. The molecule has 0 aliphatic carbocycles. The number of rotatable bonds is 5. The molecule has 0 radical (unpaired) electrons. The third-order valence-corrected chi connectivity index (χ3v) is 7.08. The summed E-state index contributed by atoms with van der Waals surface area (Å²) in [6, 6.07) is 53.2. The van der Waals surface area contributed by atoms with Crippen molar-refractivity contribution in [2.75, 3.05) is 4.90 Å². The van der Waals surface area contributed by atoms with E-state index in [1.54, 1.807) is 0 Å². The van der Waals surface area contributed by atoms with Crippen LogP contribution in [0.5, 0.6) is 0 Å². The Balaban J connectivity index is 1.18. The molecule has 0 aliphatic heterocycles. The van der Waals surface area contributed by atoms with Gasteiger partial charge in [0, 0.05) is 27.8 Å². The van der Waals surface area contributed by atoms with Gasteiger partial charge in [0.2, 0.25) is 0 Å². The van der Waals surface area contributed by atoms with Crippen LogP contribution in [0.3, 0.4) is 0 Å². The first kappa shape index (κ1) is 22.1. The van der Waals surface area contributed by atoms with Crippen LogP contribution in [0.2, 0.25) is 0 Å². The average molecular weight is 488 g/mol. The second-order valence-electron chi connectivity index (χ2n) is 9.44. The highest BCUT2D eigenvalue weighted by atomic mass is 16.3. The molecule has 0 aliphatic rings. The van der Waals surface area contributed by atoms with Crippen LogP contribution in [0.4, 0.5) is 17.1 Å². The van der Waals surface area contributed by atoms with Crippen molar-refractivity contribution in [3.63, 3.8) is 0 Å². The van der Waals surface area contributed by atoms with Gasteiger partial charge in [-0.15, -0.1) is 0 Å². The minimum absolute atomic E-state index is 0.921. The van der Waals surface area contributed by atoms with Gasteiger partial charge in [0.05, 0.1) is 0 Å². The fraction of sp³-hybridized carbons (Fsp3) is 0. The van der Waals surface area contributed by atoms with Crippen molar-refractivity contribution in [1.29, 1.82) is 0 Å². The molecule has 0 saturated heterocycles. The minimum atomic E-state index is 0.921. The lowest BCUT2D eigenvalue weighted by Gasteiger charge is -2.25. The van der Waals surface area contributed by atoms with Crippen molar-refractivity contribution >= 4 is 39.0 Å². The Morgan fingerprint density at radius 2 is 0.789 bits per heavy atom. The maximum absolute atomic E-state index is 6.10. The molecule has 0 fully saturated rings. The summed E-state index contributed by atoms with van der Waals surface area (Å²) in [5.74, 6) is 0. The van der Waals surface area contributed by atoms with Crippen molar-refractivity contribution in [1.82, 2.24) is 0 Å². The molecule has 0 saturated carbocycles. The third kappa shape index (κ3) is 4.03. The molecular formula is C36H25NO. The summed E-state index contributed by atoms with van der Waals surface area (Å²) in [6.07, 6.45) is 0. The van der Waals surface area contributed by atoms with Gasteiger partial charge in [-0.1, -0.05) is 97.1 Å². The predicted octanol–water partition coefficient (Wildman–Crippen LogP) is 10.4. The van der Waals surface area contributed by atoms with Crippen molar-refractivity contribution in [2.24, 2.45) is 0 Å². The van der Waals surface area contributed by atoms with E-state index in [-0.39, 0.29) is 0 Å². The van der Waals surface area contributed by atoms with Crippen LogP contribution in [0.1, 0.15) is 0 Å². The standard InChI is InChI=1S/C36H25NO/c1-3-9-30(10-4-1)37(31-11-5-2-6-12-31)32-22-19-27(20-23-32)26-15-17-28(18-16-26)29-21-24-34-33-13-7-8-14-35(33)38-36(34)25-29/h1-25H. The number of fused-ring (bicyclic) bond motifs is 3. The fourth-order valence-electron chi connectivity index (χ4n) is 5.16. The number of nitrogens with zero attached hydrogens (tertiary/aromatic N) is 1. The predicted molar refractivity (Wildman–Crippen MR) is 159 cm³/mol. The quantitative estimate of drug-likeness (QED) is 0.240. The zero-order valence-electron chi connectivity index (χ0n) is 20.8. The third-order valence-electron chi connectivity index (χ3n) is 7.08. The highest BCUT2D eigenvalue weighted by Gasteiger charge is 2.12. The van der Waals surface area contributed by atoms with Crippen LogP contribution in [0.15, 0.2) is 156 Å². The van der Waals surface area contributed by atoms with Crippen LogP contribution >= 0.6 is 0 Å². The Labute approximate surface area is 222 Å². The molecule has 7 aromatic rings. The van der Waals surface area contributed by atoms with Crippen molar-refractivity contribution in [3.05, 3.63) is 152 Å². The Morgan fingerprint density at radius 1 is 0.342 bits per heavy atom. The van der Waals surface area contributed by atoms with E-state index in [1.165, 1.54) is 16.7 Å². The maximum atomic E-state index is 6.10. The summed E-state index contributed by atoms with van der Waals surface area (Å²) in [5, 5.41) is 2.31. The van der Waals surface area contributed by atoms with Crippen LogP contribution in [0.25, 0.3) is 44.2 Å². The molecule has 0 unspecified atom stereocenters. The van der Waals surface area contributed by atoms with Gasteiger partial charge in [-0.3, -0.25) is 0 Å². The fourth-order valence-corrected chi connectivity index (χ4v) is 5.16. The second-order valence-corrected chi connectivity index (χ2v) is 9.44. The second kappa shape index (κ2) is 9.42. The summed E-state index contributed by atoms with van der Waals surface area (Å²) in [7, 11) is 0. The van der Waals surface area contributed by atoms with Gasteiger partial charge in [0.25, 0.3) is 0 Å². The smallest absolute Gasteiger partial charge is 0.136 e. The summed E-state index contributed by atoms with van der Waals surface area (Å²) in [5.41, 5.74) is 9.95. The molecular weight excluding hydrogens is 462 g/mol. The first-order chi connectivity index (χ1) is 18.8. The molecule has 0 spiro atoms. The number of para-hydroxylation sites is 3. The van der Waals surface area contributed by atoms with Crippen LogP contribution < -0.4 is 4.90 Å². The first-order valence-electron chi connectivity index (χ1n) is 12.9. The van der Waals surface area contributed by atoms with Crippen molar-refractivity contribution in [3.8, 4) is 22.3 Å². The van der Waals surface area contributed by atoms with E-state index < -0.39 is 0 Å². The normalized spacial score (nSPS) is 11.2. The number of benzene rings is 6. The van der Waals surface area contributed by atoms with E-state index in [1.807, 2.05) is 24.3 Å². The van der Waals surface area contributed by atoms with Gasteiger partial charge in [-0.2, -0.15) is 0 Å². The molecule has 0 N–H and O–H groups in total. The molecule has 1 heterocycles. The molecule has 2 heteroatoms. The average Bonchev–Trinajstić information content (AvgIpc) is 3.37. The van der Waals surface area contributed by atoms with Crippen molar-refractivity contribution in [2.45, 2.75) is 0 Å². The number of furan rings is 1. The summed E-state index contributed by atoms with van der Waals surface area (Å²) in [4.78, 5) is 2.28. The Bertz CT molecular complexity index is 1790. The van der Waals surface area contributed by atoms with Gasteiger partial charge in [0.1, 0.15) is 11.2 Å². The van der Waals surface area contributed by atoms with Gasteiger partial charge in [0.15, 0.2) is 0 Å². The summed E-state index contributed by atoms with van der Waals surface area (Å²) < 4.78 is 6.10. The molecule has 2 nitrogen and oxygen atoms in total. The first-order valence-corrected chi connectivity index (χ1v) is 12.9. The largest absolute Gasteiger partial charge is 0.456 e. The highest BCUT2D eigenvalue weighted by Crippen LogP contribution is 2.36. The monoisotopic (exact) mass is 487 g/mol. The van der Waals surface area contributed by atoms with Crippen LogP contribution in [0, 0.1) is 0 Å². The molecule has 6 aromatic carbocycles. The topological polar surface area (TPSA) is 16.4 Å².